The lowest BCUT2D eigenvalue weighted by atomic mass is 9.96. The van der Waals surface area contributed by atoms with Crippen LogP contribution in [0, 0.1) is 11.8 Å². The summed E-state index contributed by atoms with van der Waals surface area (Å²) in [5.41, 5.74) is 1.18. The normalized spacial score (nSPS) is 23.4. The number of nitrogens with one attached hydrogen (secondary N) is 2. The molecule has 0 spiro atoms. The Bertz CT molecular complexity index is 552. The molecule has 0 radical (unpaired) electrons. The predicted octanol–water partition coefficient (Wildman–Crippen LogP) is 2.16. The van der Waals surface area contributed by atoms with Crippen LogP contribution in [-0.2, 0) is 16.4 Å². The molecule has 1 aliphatic heterocycles. The van der Waals surface area contributed by atoms with Gasteiger partial charge in [-0.3, -0.25) is 0 Å². The monoisotopic (exact) mass is 310 g/mol. The van der Waals surface area contributed by atoms with Crippen molar-refractivity contribution in [3.05, 3.63) is 29.8 Å². The molecule has 0 saturated carbocycles. The standard InChI is InChI=1S/C16H26N2O2S/c1-12(2)10-14-4-6-15(7-5-14)21(19,20)18-16-11-17-9-8-13(16)3/h4-7,12-13,16-18H,8-11H2,1-3H3. The van der Waals surface area contributed by atoms with E-state index in [0.717, 1.165) is 19.4 Å². The Labute approximate surface area is 128 Å². The van der Waals surface area contributed by atoms with Crippen LogP contribution in [-0.4, -0.2) is 27.5 Å². The van der Waals surface area contributed by atoms with Crippen molar-refractivity contribution in [3.63, 3.8) is 0 Å². The molecule has 0 amide bonds. The first kappa shape index (κ1) is 16.5. The number of sulfonamides is 1. The summed E-state index contributed by atoms with van der Waals surface area (Å²) in [5, 5.41) is 3.24. The van der Waals surface area contributed by atoms with E-state index in [1.165, 1.54) is 5.56 Å². The maximum atomic E-state index is 12.4. The molecule has 1 aromatic rings. The minimum Gasteiger partial charge on any atom is -0.315 e. The molecule has 2 N–H and O–H groups in total. The summed E-state index contributed by atoms with van der Waals surface area (Å²) in [4.78, 5) is 0.354. The maximum Gasteiger partial charge on any atom is 0.240 e. The molecule has 2 rings (SSSR count). The van der Waals surface area contributed by atoms with E-state index in [0.29, 0.717) is 23.3 Å². The summed E-state index contributed by atoms with van der Waals surface area (Å²) in [5.74, 6) is 0.931. The second-order valence-electron chi connectivity index (χ2n) is 6.44. The Morgan fingerprint density at radius 3 is 2.52 bits per heavy atom. The third-order valence-electron chi connectivity index (χ3n) is 4.01. The highest BCUT2D eigenvalue weighted by molar-refractivity contribution is 7.89. The van der Waals surface area contributed by atoms with Crippen LogP contribution in [0.4, 0.5) is 0 Å². The van der Waals surface area contributed by atoms with Crippen molar-refractivity contribution < 1.29 is 8.42 Å². The van der Waals surface area contributed by atoms with Gasteiger partial charge in [-0.05, 0) is 48.9 Å². The van der Waals surface area contributed by atoms with Gasteiger partial charge in [-0.2, -0.15) is 0 Å². The predicted molar refractivity (Wildman–Crippen MR) is 85.7 cm³/mol. The van der Waals surface area contributed by atoms with Crippen molar-refractivity contribution in [2.24, 2.45) is 11.8 Å². The number of benzene rings is 1. The number of piperidine rings is 1. The highest BCUT2D eigenvalue weighted by atomic mass is 32.2. The summed E-state index contributed by atoms with van der Waals surface area (Å²) in [6, 6.07) is 7.22. The maximum absolute atomic E-state index is 12.4. The Hall–Kier alpha value is -0.910. The molecule has 1 heterocycles. The van der Waals surface area contributed by atoms with E-state index < -0.39 is 10.0 Å². The fourth-order valence-electron chi connectivity index (χ4n) is 2.69. The number of hydrogen-bond donors (Lipinski definition) is 2. The van der Waals surface area contributed by atoms with Crippen LogP contribution in [0.3, 0.4) is 0 Å². The zero-order chi connectivity index (χ0) is 15.5. The first-order valence-corrected chi connectivity index (χ1v) is 9.19. The van der Waals surface area contributed by atoms with E-state index in [9.17, 15) is 8.42 Å². The zero-order valence-corrected chi connectivity index (χ0v) is 13.9. The second kappa shape index (κ2) is 6.90. The summed E-state index contributed by atoms with van der Waals surface area (Å²) in [6.07, 6.45) is 1.97. The van der Waals surface area contributed by atoms with Crippen LogP contribution >= 0.6 is 0 Å². The lowest BCUT2D eigenvalue weighted by molar-refractivity contribution is 0.327. The molecule has 21 heavy (non-hydrogen) atoms. The van der Waals surface area contributed by atoms with E-state index in [2.05, 4.69) is 30.8 Å². The topological polar surface area (TPSA) is 58.2 Å². The highest BCUT2D eigenvalue weighted by Crippen LogP contribution is 2.17. The lowest BCUT2D eigenvalue weighted by Gasteiger charge is -2.30. The largest absolute Gasteiger partial charge is 0.315 e. The second-order valence-corrected chi connectivity index (χ2v) is 8.15. The van der Waals surface area contributed by atoms with Gasteiger partial charge < -0.3 is 5.32 Å². The van der Waals surface area contributed by atoms with E-state index in [1.54, 1.807) is 12.1 Å². The van der Waals surface area contributed by atoms with Gasteiger partial charge in [-0.1, -0.05) is 32.9 Å². The third kappa shape index (κ3) is 4.53. The molecule has 1 saturated heterocycles. The average Bonchev–Trinajstić information content (AvgIpc) is 2.41. The summed E-state index contributed by atoms with van der Waals surface area (Å²) in [7, 11) is -3.43. The Balaban J connectivity index is 2.08. The van der Waals surface area contributed by atoms with Crippen molar-refractivity contribution in [2.75, 3.05) is 13.1 Å². The molecule has 2 atom stereocenters. The van der Waals surface area contributed by atoms with Crippen molar-refractivity contribution in [1.82, 2.24) is 10.0 Å². The number of rotatable bonds is 5. The lowest BCUT2D eigenvalue weighted by Crippen LogP contribution is -2.50. The minimum absolute atomic E-state index is 0.0286. The van der Waals surface area contributed by atoms with Crippen LogP contribution in [0.25, 0.3) is 0 Å². The van der Waals surface area contributed by atoms with Gasteiger partial charge in [-0.15, -0.1) is 0 Å². The van der Waals surface area contributed by atoms with Gasteiger partial charge in [0.25, 0.3) is 0 Å². The minimum atomic E-state index is -3.43. The molecular formula is C16H26N2O2S. The first-order chi connectivity index (χ1) is 9.88. The Kier molecular flexibility index (Phi) is 5.41. The fourth-order valence-corrected chi connectivity index (χ4v) is 4.04. The molecule has 5 heteroatoms. The molecule has 118 valence electrons. The van der Waals surface area contributed by atoms with Gasteiger partial charge in [-0.25, -0.2) is 13.1 Å². The van der Waals surface area contributed by atoms with E-state index in [1.807, 2.05) is 12.1 Å². The average molecular weight is 310 g/mol. The van der Waals surface area contributed by atoms with Crippen molar-refractivity contribution in [3.8, 4) is 0 Å². The van der Waals surface area contributed by atoms with Gasteiger partial charge >= 0.3 is 0 Å². The molecule has 1 aliphatic rings. The van der Waals surface area contributed by atoms with E-state index in [4.69, 9.17) is 0 Å². The van der Waals surface area contributed by atoms with Crippen LogP contribution < -0.4 is 10.0 Å². The van der Waals surface area contributed by atoms with E-state index in [-0.39, 0.29) is 6.04 Å². The molecule has 0 aliphatic carbocycles. The molecule has 4 nitrogen and oxygen atoms in total. The van der Waals surface area contributed by atoms with Crippen LogP contribution in [0.1, 0.15) is 32.8 Å². The third-order valence-corrected chi connectivity index (χ3v) is 5.52. The van der Waals surface area contributed by atoms with Gasteiger partial charge in [0, 0.05) is 12.6 Å². The van der Waals surface area contributed by atoms with Crippen molar-refractivity contribution >= 4 is 10.0 Å². The first-order valence-electron chi connectivity index (χ1n) is 7.70. The summed E-state index contributed by atoms with van der Waals surface area (Å²) >= 11 is 0. The molecular weight excluding hydrogens is 284 g/mol. The summed E-state index contributed by atoms with van der Waals surface area (Å²) in [6.45, 7) is 8.07. The van der Waals surface area contributed by atoms with E-state index >= 15 is 0 Å². The van der Waals surface area contributed by atoms with Crippen LogP contribution in [0.5, 0.6) is 0 Å². The van der Waals surface area contributed by atoms with Gasteiger partial charge in [0.1, 0.15) is 0 Å². The van der Waals surface area contributed by atoms with Crippen LogP contribution in [0.15, 0.2) is 29.2 Å². The quantitative estimate of drug-likeness (QED) is 0.876. The van der Waals surface area contributed by atoms with Crippen molar-refractivity contribution in [2.45, 2.75) is 44.6 Å². The molecule has 1 fully saturated rings. The Morgan fingerprint density at radius 2 is 1.95 bits per heavy atom. The van der Waals surface area contributed by atoms with Crippen LogP contribution in [0.2, 0.25) is 0 Å². The SMILES string of the molecule is CC(C)Cc1ccc(S(=O)(=O)NC2CNCCC2C)cc1. The van der Waals surface area contributed by atoms with Gasteiger partial charge in [0.2, 0.25) is 10.0 Å². The van der Waals surface area contributed by atoms with Crippen molar-refractivity contribution in [1.29, 1.82) is 0 Å². The number of hydrogen-bond acceptors (Lipinski definition) is 3. The van der Waals surface area contributed by atoms with Gasteiger partial charge in [0.15, 0.2) is 0 Å². The molecule has 2 unspecified atom stereocenters. The fraction of sp³-hybridized carbons (Fsp3) is 0.625. The molecule has 0 aromatic heterocycles. The Morgan fingerprint density at radius 1 is 1.29 bits per heavy atom. The highest BCUT2D eigenvalue weighted by Gasteiger charge is 2.26. The smallest absolute Gasteiger partial charge is 0.240 e. The zero-order valence-electron chi connectivity index (χ0n) is 13.1. The van der Waals surface area contributed by atoms with Gasteiger partial charge in [0.05, 0.1) is 4.90 Å². The summed E-state index contributed by atoms with van der Waals surface area (Å²) < 4.78 is 27.7. The molecule has 1 aromatic carbocycles. The molecule has 0 bridgehead atoms.